The summed E-state index contributed by atoms with van der Waals surface area (Å²) < 4.78 is 0.859. The van der Waals surface area contributed by atoms with Gasteiger partial charge in [-0.3, -0.25) is 0 Å². The number of rotatable bonds is 1. The van der Waals surface area contributed by atoms with Crippen LogP contribution in [-0.2, 0) is 0 Å². The summed E-state index contributed by atoms with van der Waals surface area (Å²) in [6.45, 7) is 6.06. The highest BCUT2D eigenvalue weighted by Gasteiger charge is 2.15. The van der Waals surface area contributed by atoms with E-state index in [-0.39, 0.29) is 5.41 Å². The first kappa shape index (κ1) is 12.5. The SMILES string of the molecule is CC(C)(C)C(N)=Nc1ccc(Br)c(Cl)c1. The standard InChI is InChI=1S/C11H14BrClN2/c1-11(2,3)10(14)15-7-4-5-8(12)9(13)6-7/h4-6H,1-3H3,(H2,14,15). The van der Waals surface area contributed by atoms with Gasteiger partial charge in [0.05, 0.1) is 10.7 Å². The average molecular weight is 290 g/mol. The highest BCUT2D eigenvalue weighted by Crippen LogP contribution is 2.27. The third-order valence-corrected chi connectivity index (χ3v) is 3.15. The predicted molar refractivity (Wildman–Crippen MR) is 69.9 cm³/mol. The molecule has 0 aromatic heterocycles. The van der Waals surface area contributed by atoms with E-state index in [1.54, 1.807) is 6.07 Å². The van der Waals surface area contributed by atoms with Gasteiger partial charge in [0.15, 0.2) is 0 Å². The van der Waals surface area contributed by atoms with Crippen molar-refractivity contribution in [1.29, 1.82) is 0 Å². The molecule has 1 aromatic carbocycles. The van der Waals surface area contributed by atoms with Crippen molar-refractivity contribution in [2.24, 2.45) is 16.1 Å². The summed E-state index contributed by atoms with van der Waals surface area (Å²) in [4.78, 5) is 4.32. The third-order valence-electron chi connectivity index (χ3n) is 1.92. The number of nitrogens with two attached hydrogens (primary N) is 1. The van der Waals surface area contributed by atoms with Crippen LogP contribution in [-0.4, -0.2) is 5.84 Å². The molecule has 0 bridgehead atoms. The van der Waals surface area contributed by atoms with Crippen LogP contribution in [0.2, 0.25) is 5.02 Å². The molecular formula is C11H14BrClN2. The molecule has 1 rings (SSSR count). The molecule has 0 aliphatic carbocycles. The maximum atomic E-state index is 5.95. The maximum Gasteiger partial charge on any atom is 0.105 e. The van der Waals surface area contributed by atoms with Gasteiger partial charge in [0.2, 0.25) is 0 Å². The lowest BCUT2D eigenvalue weighted by atomic mass is 9.95. The quantitative estimate of drug-likeness (QED) is 0.612. The molecule has 0 radical (unpaired) electrons. The largest absolute Gasteiger partial charge is 0.387 e. The Hall–Kier alpha value is -0.540. The molecule has 0 atom stereocenters. The first-order valence-electron chi connectivity index (χ1n) is 4.60. The predicted octanol–water partition coefficient (Wildman–Crippen LogP) is 4.14. The first-order chi connectivity index (χ1) is 6.80. The summed E-state index contributed by atoms with van der Waals surface area (Å²) >= 11 is 9.28. The van der Waals surface area contributed by atoms with Gasteiger partial charge in [0, 0.05) is 9.89 Å². The van der Waals surface area contributed by atoms with Gasteiger partial charge in [0.1, 0.15) is 5.84 Å². The van der Waals surface area contributed by atoms with E-state index in [9.17, 15) is 0 Å². The zero-order valence-electron chi connectivity index (χ0n) is 9.01. The van der Waals surface area contributed by atoms with E-state index in [2.05, 4.69) is 20.9 Å². The summed E-state index contributed by atoms with van der Waals surface area (Å²) in [5.74, 6) is 0.598. The molecule has 0 unspecified atom stereocenters. The Bertz CT molecular complexity index is 394. The Labute approximate surface area is 104 Å². The van der Waals surface area contributed by atoms with Crippen LogP contribution in [0.15, 0.2) is 27.7 Å². The molecule has 2 nitrogen and oxygen atoms in total. The zero-order chi connectivity index (χ0) is 11.6. The van der Waals surface area contributed by atoms with E-state index in [1.165, 1.54) is 0 Å². The minimum atomic E-state index is -0.125. The van der Waals surface area contributed by atoms with Crippen LogP contribution >= 0.6 is 27.5 Å². The van der Waals surface area contributed by atoms with Gasteiger partial charge >= 0.3 is 0 Å². The minimum absolute atomic E-state index is 0.125. The van der Waals surface area contributed by atoms with E-state index in [4.69, 9.17) is 17.3 Å². The molecule has 4 heteroatoms. The molecule has 0 saturated heterocycles. The average Bonchev–Trinajstić information content (AvgIpc) is 2.10. The third kappa shape index (κ3) is 3.50. The molecule has 15 heavy (non-hydrogen) atoms. The van der Waals surface area contributed by atoms with Crippen molar-refractivity contribution >= 4 is 39.1 Å². The smallest absolute Gasteiger partial charge is 0.105 e. The maximum absolute atomic E-state index is 5.95. The molecule has 0 aliphatic rings. The van der Waals surface area contributed by atoms with Crippen molar-refractivity contribution in [2.75, 3.05) is 0 Å². The van der Waals surface area contributed by atoms with Crippen LogP contribution in [0.25, 0.3) is 0 Å². The zero-order valence-corrected chi connectivity index (χ0v) is 11.4. The second kappa shape index (κ2) is 4.54. The van der Waals surface area contributed by atoms with Gasteiger partial charge in [-0.15, -0.1) is 0 Å². The van der Waals surface area contributed by atoms with Crippen LogP contribution < -0.4 is 5.73 Å². The van der Waals surface area contributed by atoms with Gasteiger partial charge in [-0.1, -0.05) is 32.4 Å². The Kier molecular flexibility index (Phi) is 3.79. The van der Waals surface area contributed by atoms with Gasteiger partial charge in [0.25, 0.3) is 0 Å². The van der Waals surface area contributed by atoms with Crippen molar-refractivity contribution in [3.05, 3.63) is 27.7 Å². The number of nitrogens with zero attached hydrogens (tertiary/aromatic N) is 1. The van der Waals surface area contributed by atoms with Crippen LogP contribution in [0.5, 0.6) is 0 Å². The molecule has 0 aliphatic heterocycles. The van der Waals surface area contributed by atoms with E-state index < -0.39 is 0 Å². The number of benzene rings is 1. The highest BCUT2D eigenvalue weighted by atomic mass is 79.9. The highest BCUT2D eigenvalue weighted by molar-refractivity contribution is 9.10. The van der Waals surface area contributed by atoms with E-state index in [0.29, 0.717) is 10.9 Å². The van der Waals surface area contributed by atoms with Crippen molar-refractivity contribution < 1.29 is 0 Å². The number of hydrogen-bond acceptors (Lipinski definition) is 1. The fourth-order valence-corrected chi connectivity index (χ4v) is 1.28. The molecular weight excluding hydrogens is 275 g/mol. The van der Waals surface area contributed by atoms with Gasteiger partial charge in [-0.2, -0.15) is 0 Å². The lowest BCUT2D eigenvalue weighted by Gasteiger charge is -2.17. The number of amidine groups is 1. The lowest BCUT2D eigenvalue weighted by molar-refractivity contribution is 0.585. The van der Waals surface area contributed by atoms with Crippen LogP contribution in [0, 0.1) is 5.41 Å². The Balaban J connectivity index is 3.04. The Morgan fingerprint density at radius 2 is 2.00 bits per heavy atom. The summed E-state index contributed by atoms with van der Waals surface area (Å²) in [6.07, 6.45) is 0. The molecule has 82 valence electrons. The van der Waals surface area contributed by atoms with E-state index in [0.717, 1.165) is 10.2 Å². The summed E-state index contributed by atoms with van der Waals surface area (Å²) in [5.41, 5.74) is 6.51. The van der Waals surface area contributed by atoms with Crippen molar-refractivity contribution in [1.82, 2.24) is 0 Å². The lowest BCUT2D eigenvalue weighted by Crippen LogP contribution is -2.28. The second-order valence-electron chi connectivity index (χ2n) is 4.35. The Morgan fingerprint density at radius 3 is 2.47 bits per heavy atom. The van der Waals surface area contributed by atoms with Crippen molar-refractivity contribution in [2.45, 2.75) is 20.8 Å². The Morgan fingerprint density at radius 1 is 1.40 bits per heavy atom. The van der Waals surface area contributed by atoms with Crippen molar-refractivity contribution in [3.8, 4) is 0 Å². The molecule has 0 heterocycles. The molecule has 2 N–H and O–H groups in total. The molecule has 1 aromatic rings. The van der Waals surface area contributed by atoms with Gasteiger partial charge < -0.3 is 5.73 Å². The van der Waals surface area contributed by atoms with Gasteiger partial charge in [-0.25, -0.2) is 4.99 Å². The number of halogens is 2. The van der Waals surface area contributed by atoms with Crippen molar-refractivity contribution in [3.63, 3.8) is 0 Å². The topological polar surface area (TPSA) is 38.4 Å². The van der Waals surface area contributed by atoms with Crippen LogP contribution in [0.1, 0.15) is 20.8 Å². The van der Waals surface area contributed by atoms with Gasteiger partial charge in [-0.05, 0) is 34.1 Å². The fourth-order valence-electron chi connectivity index (χ4n) is 0.861. The number of hydrogen-bond donors (Lipinski definition) is 1. The minimum Gasteiger partial charge on any atom is -0.387 e. The van der Waals surface area contributed by atoms with Crippen LogP contribution in [0.4, 0.5) is 5.69 Å². The molecule has 0 fully saturated rings. The van der Waals surface area contributed by atoms with E-state index in [1.807, 2.05) is 32.9 Å². The molecule has 0 spiro atoms. The fraction of sp³-hybridized carbons (Fsp3) is 0.364. The second-order valence-corrected chi connectivity index (χ2v) is 5.61. The number of aliphatic imine (C=N–C) groups is 1. The summed E-state index contributed by atoms with van der Waals surface area (Å²) in [7, 11) is 0. The van der Waals surface area contributed by atoms with Crippen LogP contribution in [0.3, 0.4) is 0 Å². The first-order valence-corrected chi connectivity index (χ1v) is 5.77. The van der Waals surface area contributed by atoms with E-state index >= 15 is 0 Å². The normalized spacial score (nSPS) is 13.0. The summed E-state index contributed by atoms with van der Waals surface area (Å²) in [6, 6.07) is 5.51. The molecule has 0 saturated carbocycles. The summed E-state index contributed by atoms with van der Waals surface area (Å²) in [5, 5.41) is 0.637. The monoisotopic (exact) mass is 288 g/mol. The molecule has 0 amide bonds.